The fourth-order valence-corrected chi connectivity index (χ4v) is 7.23. The zero-order valence-corrected chi connectivity index (χ0v) is 19.3. The molecule has 1 aromatic rings. The van der Waals surface area contributed by atoms with E-state index in [0.29, 0.717) is 29.6 Å². The second-order valence-electron chi connectivity index (χ2n) is 10.8. The lowest BCUT2D eigenvalue weighted by molar-refractivity contribution is -0.133. The van der Waals surface area contributed by atoms with Crippen molar-refractivity contribution < 1.29 is 23.1 Å². The number of alkyl halides is 2. The molecular formula is C25H30F2N4O3. The van der Waals surface area contributed by atoms with Crippen LogP contribution in [0.2, 0.25) is 0 Å². The molecule has 0 spiro atoms. The largest absolute Gasteiger partial charge is 0.497 e. The Bertz CT molecular complexity index is 1010. The number of amides is 2. The summed E-state index contributed by atoms with van der Waals surface area (Å²) in [7, 11) is 1.58. The number of hydrogen-bond acceptors (Lipinski definition) is 5. The molecule has 1 saturated heterocycles. The monoisotopic (exact) mass is 472 g/mol. The average Bonchev–Trinajstić information content (AvgIpc) is 3.11. The molecule has 4 saturated carbocycles. The molecule has 1 aromatic carbocycles. The van der Waals surface area contributed by atoms with Crippen LogP contribution < -0.4 is 15.4 Å². The quantitative estimate of drug-likeness (QED) is 0.664. The zero-order valence-electron chi connectivity index (χ0n) is 19.3. The lowest BCUT2D eigenvalue weighted by Gasteiger charge is -2.62. The van der Waals surface area contributed by atoms with Crippen molar-refractivity contribution in [3.8, 4) is 11.8 Å². The van der Waals surface area contributed by atoms with E-state index in [1.165, 1.54) is 0 Å². The number of likely N-dealkylation sites (tertiary alicyclic amines) is 1. The standard InChI is InChI=1S/C25H30F2N4O3/c1-34-20-4-2-18(3-5-20)22(33)30-24-9-16-6-17(10-24)8-23(7-16,14-24)29-13-21(32)31-15-25(26,27)11-19(31)12-28/h2-5,16-17,19,29H,6-11,13-15H2,1H3,(H,30,33)/t16?,17?,19-,23?,24?/m0/s1. The molecule has 3 atom stereocenters. The van der Waals surface area contributed by atoms with Crippen LogP contribution in [0.5, 0.6) is 5.75 Å². The Morgan fingerprint density at radius 3 is 2.38 bits per heavy atom. The Balaban J connectivity index is 1.27. The highest BCUT2D eigenvalue weighted by Crippen LogP contribution is 2.57. The van der Waals surface area contributed by atoms with Gasteiger partial charge in [0.25, 0.3) is 11.8 Å². The number of hydrogen-bond donors (Lipinski definition) is 2. The Labute approximate surface area is 197 Å². The Morgan fingerprint density at radius 2 is 1.76 bits per heavy atom. The number of benzene rings is 1. The number of halogens is 2. The van der Waals surface area contributed by atoms with Crippen LogP contribution in [0, 0.1) is 23.2 Å². The van der Waals surface area contributed by atoms with Gasteiger partial charge in [-0.15, -0.1) is 0 Å². The predicted molar refractivity (Wildman–Crippen MR) is 119 cm³/mol. The van der Waals surface area contributed by atoms with Gasteiger partial charge in [-0.3, -0.25) is 9.59 Å². The topological polar surface area (TPSA) is 94.5 Å². The van der Waals surface area contributed by atoms with E-state index in [2.05, 4.69) is 10.6 Å². The highest BCUT2D eigenvalue weighted by Gasteiger charge is 2.58. The van der Waals surface area contributed by atoms with E-state index in [4.69, 9.17) is 4.74 Å². The van der Waals surface area contributed by atoms with Crippen molar-refractivity contribution in [1.82, 2.24) is 15.5 Å². The molecular weight excluding hydrogens is 442 g/mol. The molecule has 1 heterocycles. The summed E-state index contributed by atoms with van der Waals surface area (Å²) in [4.78, 5) is 26.9. The first kappa shape index (κ1) is 23.0. The molecule has 6 rings (SSSR count). The molecule has 2 N–H and O–H groups in total. The van der Waals surface area contributed by atoms with Crippen molar-refractivity contribution in [2.75, 3.05) is 20.2 Å². The Kier molecular flexibility index (Phi) is 5.55. The smallest absolute Gasteiger partial charge is 0.268 e. The van der Waals surface area contributed by atoms with Crippen molar-refractivity contribution in [3.05, 3.63) is 29.8 Å². The molecule has 34 heavy (non-hydrogen) atoms. The number of nitrogens with zero attached hydrogens (tertiary/aromatic N) is 2. The van der Waals surface area contributed by atoms with E-state index in [-0.39, 0.29) is 23.5 Å². The summed E-state index contributed by atoms with van der Waals surface area (Å²) in [5.41, 5.74) is -0.0733. The van der Waals surface area contributed by atoms with Crippen molar-refractivity contribution in [1.29, 1.82) is 5.26 Å². The molecule has 4 aliphatic carbocycles. The van der Waals surface area contributed by atoms with Gasteiger partial charge in [0, 0.05) is 23.1 Å². The van der Waals surface area contributed by atoms with Crippen LogP contribution in [-0.2, 0) is 4.79 Å². The number of ether oxygens (including phenoxy) is 1. The molecule has 7 nitrogen and oxygen atoms in total. The van der Waals surface area contributed by atoms with Gasteiger partial charge in [-0.25, -0.2) is 8.78 Å². The SMILES string of the molecule is COc1ccc(C(=O)NC23CC4CC(CC(NCC(=O)N5CC(F)(F)C[C@H]5C#N)(C4)C2)C3)cc1. The summed E-state index contributed by atoms with van der Waals surface area (Å²) in [5, 5.41) is 15.9. The van der Waals surface area contributed by atoms with E-state index in [1.54, 1.807) is 31.4 Å². The maximum absolute atomic E-state index is 13.8. The Morgan fingerprint density at radius 1 is 1.12 bits per heavy atom. The second-order valence-corrected chi connectivity index (χ2v) is 10.8. The molecule has 9 heteroatoms. The summed E-state index contributed by atoms with van der Waals surface area (Å²) in [6.07, 6.45) is 4.87. The molecule has 0 radical (unpaired) electrons. The van der Waals surface area contributed by atoms with Gasteiger partial charge in [-0.05, 0) is 74.6 Å². The lowest BCUT2D eigenvalue weighted by atomic mass is 9.50. The molecule has 2 amide bonds. The van der Waals surface area contributed by atoms with Crippen LogP contribution in [-0.4, -0.2) is 60.0 Å². The minimum Gasteiger partial charge on any atom is -0.497 e. The Hall–Kier alpha value is -2.73. The van der Waals surface area contributed by atoms with Gasteiger partial charge in [0.15, 0.2) is 0 Å². The maximum Gasteiger partial charge on any atom is 0.268 e. The number of nitrogens with one attached hydrogen (secondary N) is 2. The minimum atomic E-state index is -3.02. The second kappa shape index (κ2) is 8.19. The number of carbonyl (C=O) groups is 2. The van der Waals surface area contributed by atoms with Gasteiger partial charge in [-0.2, -0.15) is 5.26 Å². The predicted octanol–water partition coefficient (Wildman–Crippen LogP) is 2.87. The molecule has 5 aliphatic rings. The van der Waals surface area contributed by atoms with E-state index in [9.17, 15) is 23.6 Å². The summed E-state index contributed by atoms with van der Waals surface area (Å²) in [6, 6.07) is 7.77. The average molecular weight is 473 g/mol. The van der Waals surface area contributed by atoms with Crippen LogP contribution in [0.4, 0.5) is 8.78 Å². The van der Waals surface area contributed by atoms with Gasteiger partial charge in [0.05, 0.1) is 26.3 Å². The third-order valence-electron chi connectivity index (χ3n) is 8.15. The van der Waals surface area contributed by atoms with Crippen LogP contribution in [0.1, 0.15) is 55.3 Å². The molecule has 5 fully saturated rings. The highest BCUT2D eigenvalue weighted by molar-refractivity contribution is 5.94. The van der Waals surface area contributed by atoms with Gasteiger partial charge in [0.2, 0.25) is 5.91 Å². The fourth-order valence-electron chi connectivity index (χ4n) is 7.23. The molecule has 4 bridgehead atoms. The summed E-state index contributed by atoms with van der Waals surface area (Å²) in [6.45, 7) is -0.776. The molecule has 0 aromatic heterocycles. The first-order valence-corrected chi connectivity index (χ1v) is 11.9. The van der Waals surface area contributed by atoms with Crippen LogP contribution in [0.3, 0.4) is 0 Å². The molecule has 1 aliphatic heterocycles. The number of nitriles is 1. The van der Waals surface area contributed by atoms with E-state index in [1.807, 2.05) is 6.07 Å². The lowest BCUT2D eigenvalue weighted by Crippen LogP contribution is -2.69. The number of rotatable bonds is 6. The normalized spacial score (nSPS) is 35.1. The van der Waals surface area contributed by atoms with Gasteiger partial charge in [0.1, 0.15) is 11.8 Å². The van der Waals surface area contributed by atoms with E-state index >= 15 is 0 Å². The minimum absolute atomic E-state index is 0.0732. The number of carbonyl (C=O) groups excluding carboxylic acids is 2. The van der Waals surface area contributed by atoms with Crippen molar-refractivity contribution >= 4 is 11.8 Å². The third-order valence-corrected chi connectivity index (χ3v) is 8.15. The first-order chi connectivity index (χ1) is 16.1. The summed E-state index contributed by atoms with van der Waals surface area (Å²) < 4.78 is 32.7. The van der Waals surface area contributed by atoms with Crippen LogP contribution >= 0.6 is 0 Å². The third kappa shape index (κ3) is 4.24. The van der Waals surface area contributed by atoms with Gasteiger partial charge >= 0.3 is 0 Å². The van der Waals surface area contributed by atoms with Crippen LogP contribution in [0.25, 0.3) is 0 Å². The first-order valence-electron chi connectivity index (χ1n) is 11.9. The number of methoxy groups -OCH3 is 1. The zero-order chi connectivity index (χ0) is 24.1. The molecule has 182 valence electrons. The van der Waals surface area contributed by atoms with Crippen molar-refractivity contribution in [2.45, 2.75) is 68.0 Å². The van der Waals surface area contributed by atoms with Gasteiger partial charge < -0.3 is 20.3 Å². The van der Waals surface area contributed by atoms with Crippen LogP contribution in [0.15, 0.2) is 24.3 Å². The van der Waals surface area contributed by atoms with Gasteiger partial charge in [-0.1, -0.05) is 0 Å². The fraction of sp³-hybridized carbons (Fsp3) is 0.640. The molecule has 2 unspecified atom stereocenters. The summed E-state index contributed by atoms with van der Waals surface area (Å²) >= 11 is 0. The maximum atomic E-state index is 13.8. The van der Waals surface area contributed by atoms with Crippen molar-refractivity contribution in [3.63, 3.8) is 0 Å². The summed E-state index contributed by atoms with van der Waals surface area (Å²) in [5.74, 6) is -2.02. The van der Waals surface area contributed by atoms with E-state index < -0.39 is 30.8 Å². The van der Waals surface area contributed by atoms with Crippen molar-refractivity contribution in [2.24, 2.45) is 11.8 Å². The van der Waals surface area contributed by atoms with E-state index in [0.717, 1.165) is 37.0 Å². The highest BCUT2D eigenvalue weighted by atomic mass is 19.3.